The summed E-state index contributed by atoms with van der Waals surface area (Å²) in [4.78, 5) is 15.9. The number of carbonyl (C=O) groups is 1. The summed E-state index contributed by atoms with van der Waals surface area (Å²) in [5, 5.41) is 17.1. The van der Waals surface area contributed by atoms with Crippen LogP contribution >= 0.6 is 22.9 Å². The molecular weight excluding hydrogens is 310 g/mol. The van der Waals surface area contributed by atoms with E-state index in [1.165, 1.54) is 23.6 Å². The minimum atomic E-state index is -0.553. The summed E-state index contributed by atoms with van der Waals surface area (Å²) in [6.07, 6.45) is 2.91. The predicted molar refractivity (Wildman–Crippen MR) is 83.9 cm³/mol. The Bertz CT molecular complexity index is 721. The molecule has 1 amide bonds. The number of halogens is 1. The van der Waals surface area contributed by atoms with E-state index >= 15 is 0 Å². The second-order valence-corrected chi connectivity index (χ2v) is 5.14. The van der Waals surface area contributed by atoms with E-state index in [2.05, 4.69) is 15.6 Å². The van der Waals surface area contributed by atoms with E-state index in [1.807, 2.05) is 6.07 Å². The first-order valence-corrected chi connectivity index (χ1v) is 6.98. The number of benzene rings is 1. The molecule has 0 spiro atoms. The first-order valence-electron chi connectivity index (χ1n) is 5.73. The van der Waals surface area contributed by atoms with Gasteiger partial charge in [-0.2, -0.15) is 5.26 Å². The van der Waals surface area contributed by atoms with E-state index in [4.69, 9.17) is 22.6 Å². The van der Waals surface area contributed by atoms with Crippen molar-refractivity contribution in [2.45, 2.75) is 0 Å². The Morgan fingerprint density at radius 2 is 2.33 bits per heavy atom. The number of rotatable bonds is 4. The lowest BCUT2D eigenvalue weighted by molar-refractivity contribution is -0.112. The van der Waals surface area contributed by atoms with Crippen LogP contribution < -0.4 is 16.4 Å². The number of nitrogen functional groups attached to an aromatic ring is 1. The van der Waals surface area contributed by atoms with Crippen molar-refractivity contribution in [1.82, 2.24) is 4.98 Å². The molecule has 0 bridgehead atoms. The van der Waals surface area contributed by atoms with Crippen molar-refractivity contribution in [2.75, 3.05) is 16.4 Å². The van der Waals surface area contributed by atoms with Gasteiger partial charge >= 0.3 is 0 Å². The molecule has 2 rings (SSSR count). The van der Waals surface area contributed by atoms with Gasteiger partial charge in [0.1, 0.15) is 11.6 Å². The van der Waals surface area contributed by atoms with E-state index in [9.17, 15) is 4.79 Å². The number of nitrogens with one attached hydrogen (secondary N) is 2. The Labute approximate surface area is 129 Å². The molecule has 4 N–H and O–H groups in total. The van der Waals surface area contributed by atoms with E-state index in [-0.39, 0.29) is 5.57 Å². The van der Waals surface area contributed by atoms with Gasteiger partial charge in [0.25, 0.3) is 5.91 Å². The van der Waals surface area contributed by atoms with Crippen LogP contribution in [-0.2, 0) is 4.79 Å². The van der Waals surface area contributed by atoms with E-state index in [0.29, 0.717) is 21.5 Å². The Kier molecular flexibility index (Phi) is 4.77. The smallest absolute Gasteiger partial charge is 0.267 e. The highest BCUT2D eigenvalue weighted by atomic mass is 35.5. The van der Waals surface area contributed by atoms with Crippen molar-refractivity contribution >= 4 is 45.4 Å². The summed E-state index contributed by atoms with van der Waals surface area (Å²) >= 11 is 7.22. The van der Waals surface area contributed by atoms with Crippen LogP contribution in [0.1, 0.15) is 0 Å². The molecule has 8 heteroatoms. The summed E-state index contributed by atoms with van der Waals surface area (Å²) in [5.74, 6) is -0.553. The summed E-state index contributed by atoms with van der Waals surface area (Å²) in [7, 11) is 0. The van der Waals surface area contributed by atoms with Gasteiger partial charge in [-0.05, 0) is 18.2 Å². The van der Waals surface area contributed by atoms with Gasteiger partial charge in [-0.25, -0.2) is 4.98 Å². The normalized spacial score (nSPS) is 10.8. The zero-order valence-corrected chi connectivity index (χ0v) is 12.2. The minimum Gasteiger partial charge on any atom is -0.398 e. The molecule has 1 aromatic carbocycles. The lowest BCUT2D eigenvalue weighted by Gasteiger charge is -2.06. The quantitative estimate of drug-likeness (QED) is 0.456. The highest BCUT2D eigenvalue weighted by Crippen LogP contribution is 2.22. The lowest BCUT2D eigenvalue weighted by Crippen LogP contribution is -2.14. The maximum Gasteiger partial charge on any atom is 0.267 e. The molecule has 0 aliphatic rings. The maximum atomic E-state index is 12.0. The van der Waals surface area contributed by atoms with E-state index in [1.54, 1.807) is 23.7 Å². The molecule has 0 fully saturated rings. The Balaban J connectivity index is 2.08. The Hall–Kier alpha value is -2.56. The number of nitrogens with two attached hydrogens (primary N) is 1. The zero-order valence-electron chi connectivity index (χ0n) is 10.6. The third kappa shape index (κ3) is 3.95. The highest BCUT2D eigenvalue weighted by molar-refractivity contribution is 7.13. The van der Waals surface area contributed by atoms with Crippen LogP contribution in [0.15, 0.2) is 41.5 Å². The van der Waals surface area contributed by atoms with Crippen molar-refractivity contribution in [3.8, 4) is 6.07 Å². The average Bonchev–Trinajstić information content (AvgIpc) is 2.97. The first kappa shape index (κ1) is 14.8. The molecule has 1 aromatic heterocycles. The molecule has 0 aliphatic heterocycles. The monoisotopic (exact) mass is 319 g/mol. The third-order valence-corrected chi connectivity index (χ3v) is 3.43. The van der Waals surface area contributed by atoms with Crippen molar-refractivity contribution in [2.24, 2.45) is 0 Å². The summed E-state index contributed by atoms with van der Waals surface area (Å²) < 4.78 is 0. The molecular formula is C13H10ClN5OS. The van der Waals surface area contributed by atoms with Crippen LogP contribution in [0.4, 0.5) is 16.5 Å². The topological polar surface area (TPSA) is 104 Å². The number of hydrogen-bond acceptors (Lipinski definition) is 6. The molecule has 0 atom stereocenters. The number of nitriles is 1. The van der Waals surface area contributed by atoms with Gasteiger partial charge in [-0.15, -0.1) is 11.3 Å². The van der Waals surface area contributed by atoms with Crippen molar-refractivity contribution in [3.05, 3.63) is 46.6 Å². The fourth-order valence-corrected chi connectivity index (χ4v) is 2.06. The van der Waals surface area contributed by atoms with Crippen LogP contribution in [0.5, 0.6) is 0 Å². The minimum absolute atomic E-state index is 0.0850. The number of anilines is 3. The number of aromatic nitrogens is 1. The number of nitrogens with zero attached hydrogens (tertiary/aromatic N) is 2. The van der Waals surface area contributed by atoms with Gasteiger partial charge in [-0.3, -0.25) is 4.79 Å². The Morgan fingerprint density at radius 1 is 1.52 bits per heavy atom. The maximum absolute atomic E-state index is 12.0. The van der Waals surface area contributed by atoms with Crippen LogP contribution in [0.3, 0.4) is 0 Å². The zero-order chi connectivity index (χ0) is 15.2. The molecule has 106 valence electrons. The van der Waals surface area contributed by atoms with Gasteiger partial charge in [-0.1, -0.05) is 11.6 Å². The molecule has 0 saturated heterocycles. The molecule has 21 heavy (non-hydrogen) atoms. The third-order valence-electron chi connectivity index (χ3n) is 2.40. The van der Waals surface area contributed by atoms with E-state index in [0.717, 1.165) is 0 Å². The Morgan fingerprint density at radius 3 is 2.95 bits per heavy atom. The van der Waals surface area contributed by atoms with Gasteiger partial charge in [0.15, 0.2) is 5.13 Å². The number of hydrogen-bond donors (Lipinski definition) is 3. The first-order chi connectivity index (χ1) is 10.1. The van der Waals surface area contributed by atoms with Crippen LogP contribution in [0.2, 0.25) is 5.02 Å². The van der Waals surface area contributed by atoms with Crippen molar-refractivity contribution in [1.29, 1.82) is 5.26 Å². The molecule has 1 heterocycles. The lowest BCUT2D eigenvalue weighted by atomic mass is 10.2. The SMILES string of the molecule is N#C/C(=C/Nc1nccs1)C(=O)Nc1ccc(N)c(Cl)c1. The molecule has 0 aliphatic carbocycles. The second kappa shape index (κ2) is 6.74. The molecule has 0 saturated carbocycles. The summed E-state index contributed by atoms with van der Waals surface area (Å²) in [6.45, 7) is 0. The van der Waals surface area contributed by atoms with Gasteiger partial charge in [0, 0.05) is 23.5 Å². The fourth-order valence-electron chi connectivity index (χ4n) is 1.38. The summed E-state index contributed by atoms with van der Waals surface area (Å²) in [6, 6.07) is 6.50. The van der Waals surface area contributed by atoms with Gasteiger partial charge in [0.05, 0.1) is 10.7 Å². The second-order valence-electron chi connectivity index (χ2n) is 3.84. The average molecular weight is 320 g/mol. The van der Waals surface area contributed by atoms with Crippen LogP contribution in [-0.4, -0.2) is 10.9 Å². The predicted octanol–water partition coefficient (Wildman–Crippen LogP) is 2.84. The van der Waals surface area contributed by atoms with E-state index < -0.39 is 5.91 Å². The standard InChI is InChI=1S/C13H10ClN5OS/c14-10-5-9(1-2-11(10)16)19-12(20)8(6-15)7-18-13-17-3-4-21-13/h1-5,7H,16H2,(H,17,18)(H,19,20)/b8-7-. The molecule has 6 nitrogen and oxygen atoms in total. The highest BCUT2D eigenvalue weighted by Gasteiger charge is 2.10. The number of carbonyl (C=O) groups excluding carboxylic acids is 1. The van der Waals surface area contributed by atoms with Crippen LogP contribution in [0, 0.1) is 11.3 Å². The van der Waals surface area contributed by atoms with Gasteiger partial charge in [0.2, 0.25) is 0 Å². The van der Waals surface area contributed by atoms with Crippen LogP contribution in [0.25, 0.3) is 0 Å². The largest absolute Gasteiger partial charge is 0.398 e. The molecule has 0 unspecified atom stereocenters. The number of amides is 1. The molecule has 2 aromatic rings. The fraction of sp³-hybridized carbons (Fsp3) is 0. The van der Waals surface area contributed by atoms with Crippen molar-refractivity contribution < 1.29 is 4.79 Å². The number of thiazole rings is 1. The summed E-state index contributed by atoms with van der Waals surface area (Å²) in [5.41, 5.74) is 6.36. The van der Waals surface area contributed by atoms with Gasteiger partial charge < -0.3 is 16.4 Å². The molecule has 0 radical (unpaired) electrons. The van der Waals surface area contributed by atoms with Crippen molar-refractivity contribution in [3.63, 3.8) is 0 Å².